The van der Waals surface area contributed by atoms with Crippen LogP contribution in [0.25, 0.3) is 0 Å². The van der Waals surface area contributed by atoms with Gasteiger partial charge in [0.1, 0.15) is 0 Å². The van der Waals surface area contributed by atoms with E-state index in [1.165, 1.54) is 0 Å². The third-order valence-electron chi connectivity index (χ3n) is 4.48. The summed E-state index contributed by atoms with van der Waals surface area (Å²) in [5.41, 5.74) is 1.83. The van der Waals surface area contributed by atoms with Gasteiger partial charge >= 0.3 is 0 Å². The molecule has 2 N–H and O–H groups in total. The average molecular weight is 320 g/mol. The Balaban J connectivity index is 2.00. The molecule has 1 heterocycles. The number of nitrogens with one attached hydrogen (secondary N) is 2. The van der Waals surface area contributed by atoms with Gasteiger partial charge in [-0.2, -0.15) is 0 Å². The second kappa shape index (κ2) is 9.01. The number of benzene rings is 1. The Kier molecular flexibility index (Phi) is 7.02. The van der Waals surface area contributed by atoms with Gasteiger partial charge in [-0.1, -0.05) is 24.3 Å². The summed E-state index contributed by atoms with van der Waals surface area (Å²) in [5.74, 6) is 0.0899. The van der Waals surface area contributed by atoms with Crippen molar-refractivity contribution in [3.8, 4) is 0 Å². The lowest BCUT2D eigenvalue weighted by Crippen LogP contribution is -2.50. The number of methoxy groups -OCH3 is 1. The van der Waals surface area contributed by atoms with E-state index in [1.807, 2.05) is 31.2 Å². The molecular weight excluding hydrogens is 292 g/mol. The van der Waals surface area contributed by atoms with Crippen LogP contribution in [0.3, 0.4) is 0 Å². The fourth-order valence-electron chi connectivity index (χ4n) is 3.06. The highest BCUT2D eigenvalue weighted by Gasteiger charge is 2.39. The Labute approximate surface area is 138 Å². The first-order valence-electron chi connectivity index (χ1n) is 8.34. The maximum absolute atomic E-state index is 12.8. The zero-order valence-corrected chi connectivity index (χ0v) is 14.2. The van der Waals surface area contributed by atoms with Crippen LogP contribution in [0.4, 0.5) is 0 Å². The fourth-order valence-corrected chi connectivity index (χ4v) is 3.06. The molecule has 1 saturated heterocycles. The third kappa shape index (κ3) is 4.77. The van der Waals surface area contributed by atoms with Gasteiger partial charge in [0, 0.05) is 20.3 Å². The van der Waals surface area contributed by atoms with Crippen molar-refractivity contribution in [2.75, 3.05) is 33.4 Å². The van der Waals surface area contributed by atoms with Gasteiger partial charge in [-0.15, -0.1) is 0 Å². The summed E-state index contributed by atoms with van der Waals surface area (Å²) < 4.78 is 10.8. The summed E-state index contributed by atoms with van der Waals surface area (Å²) in [6.07, 6.45) is 1.63. The van der Waals surface area contributed by atoms with Crippen LogP contribution in [0.2, 0.25) is 0 Å². The first-order valence-corrected chi connectivity index (χ1v) is 8.34. The minimum absolute atomic E-state index is 0.0899. The highest BCUT2D eigenvalue weighted by molar-refractivity contribution is 5.83. The standard InChI is InChI=1S/C18H28N2O3/c1-3-23-13-16-7-5-4-6-15(16)12-20-17(21)18(14-22-2)8-10-19-11-9-18/h4-7,19H,3,8-14H2,1-2H3,(H,20,21). The molecule has 1 aliphatic rings. The van der Waals surface area contributed by atoms with Crippen molar-refractivity contribution in [3.63, 3.8) is 0 Å². The molecule has 5 heteroatoms. The third-order valence-corrected chi connectivity index (χ3v) is 4.48. The molecule has 1 aliphatic heterocycles. The molecule has 1 amide bonds. The predicted octanol–water partition coefficient (Wildman–Crippen LogP) is 1.86. The SMILES string of the molecule is CCOCc1ccccc1CNC(=O)C1(COC)CCNCC1. The number of hydrogen-bond donors (Lipinski definition) is 2. The predicted molar refractivity (Wildman–Crippen MR) is 90.0 cm³/mol. The van der Waals surface area contributed by atoms with E-state index < -0.39 is 5.41 Å². The van der Waals surface area contributed by atoms with Gasteiger partial charge < -0.3 is 20.1 Å². The maximum Gasteiger partial charge on any atom is 0.228 e. The van der Waals surface area contributed by atoms with Crippen molar-refractivity contribution in [1.29, 1.82) is 0 Å². The van der Waals surface area contributed by atoms with Crippen LogP contribution < -0.4 is 10.6 Å². The van der Waals surface area contributed by atoms with Gasteiger partial charge in [0.2, 0.25) is 5.91 Å². The molecule has 0 unspecified atom stereocenters. The smallest absolute Gasteiger partial charge is 0.228 e. The van der Waals surface area contributed by atoms with Crippen LogP contribution in [0.15, 0.2) is 24.3 Å². The Bertz CT molecular complexity index is 493. The second-order valence-corrected chi connectivity index (χ2v) is 6.05. The number of carbonyl (C=O) groups excluding carboxylic acids is 1. The normalized spacial score (nSPS) is 17.0. The van der Waals surface area contributed by atoms with Gasteiger partial charge in [0.05, 0.1) is 18.6 Å². The van der Waals surface area contributed by atoms with Crippen molar-refractivity contribution in [2.24, 2.45) is 5.41 Å². The number of rotatable bonds is 8. The van der Waals surface area contributed by atoms with Gasteiger partial charge in [-0.3, -0.25) is 4.79 Å². The molecule has 1 aromatic rings. The van der Waals surface area contributed by atoms with Gasteiger partial charge in [0.25, 0.3) is 0 Å². The van der Waals surface area contributed by atoms with E-state index in [9.17, 15) is 4.79 Å². The van der Waals surface area contributed by atoms with E-state index in [-0.39, 0.29) is 5.91 Å². The summed E-state index contributed by atoms with van der Waals surface area (Å²) in [4.78, 5) is 12.8. The van der Waals surface area contributed by atoms with Crippen molar-refractivity contribution < 1.29 is 14.3 Å². The topological polar surface area (TPSA) is 59.6 Å². The molecular formula is C18H28N2O3. The fraction of sp³-hybridized carbons (Fsp3) is 0.611. The molecule has 23 heavy (non-hydrogen) atoms. The van der Waals surface area contributed by atoms with Crippen molar-refractivity contribution in [3.05, 3.63) is 35.4 Å². The van der Waals surface area contributed by atoms with Crippen LogP contribution in [-0.4, -0.2) is 39.3 Å². The Morgan fingerprint density at radius 2 is 1.96 bits per heavy atom. The molecule has 0 aliphatic carbocycles. The molecule has 0 aromatic heterocycles. The van der Waals surface area contributed by atoms with E-state index in [0.29, 0.717) is 26.4 Å². The Morgan fingerprint density at radius 3 is 2.61 bits per heavy atom. The molecule has 0 spiro atoms. The lowest BCUT2D eigenvalue weighted by molar-refractivity contribution is -0.136. The molecule has 0 atom stereocenters. The highest BCUT2D eigenvalue weighted by atomic mass is 16.5. The molecule has 1 fully saturated rings. The van der Waals surface area contributed by atoms with Crippen LogP contribution in [0.5, 0.6) is 0 Å². The number of hydrogen-bond acceptors (Lipinski definition) is 4. The van der Waals surface area contributed by atoms with Crippen LogP contribution >= 0.6 is 0 Å². The molecule has 0 bridgehead atoms. The lowest BCUT2D eigenvalue weighted by Gasteiger charge is -2.35. The largest absolute Gasteiger partial charge is 0.384 e. The second-order valence-electron chi connectivity index (χ2n) is 6.05. The summed E-state index contributed by atoms with van der Waals surface area (Å²) in [5, 5.41) is 6.42. The monoisotopic (exact) mass is 320 g/mol. The molecule has 128 valence electrons. The summed E-state index contributed by atoms with van der Waals surface area (Å²) >= 11 is 0. The van der Waals surface area contributed by atoms with Crippen molar-refractivity contribution >= 4 is 5.91 Å². The maximum atomic E-state index is 12.8. The quantitative estimate of drug-likeness (QED) is 0.767. The minimum atomic E-state index is -0.408. The summed E-state index contributed by atoms with van der Waals surface area (Å²) in [7, 11) is 1.66. The molecule has 2 rings (SSSR count). The summed E-state index contributed by atoms with van der Waals surface area (Å²) in [6, 6.07) is 8.08. The minimum Gasteiger partial charge on any atom is -0.384 e. The van der Waals surface area contributed by atoms with Crippen LogP contribution in [-0.2, 0) is 27.4 Å². The number of piperidine rings is 1. The van der Waals surface area contributed by atoms with E-state index in [1.54, 1.807) is 7.11 Å². The molecule has 0 radical (unpaired) electrons. The van der Waals surface area contributed by atoms with Gasteiger partial charge in [0.15, 0.2) is 0 Å². The van der Waals surface area contributed by atoms with Gasteiger partial charge in [-0.05, 0) is 44.0 Å². The van der Waals surface area contributed by atoms with E-state index in [0.717, 1.165) is 37.1 Å². The first-order chi connectivity index (χ1) is 11.2. The zero-order valence-electron chi connectivity index (χ0n) is 14.2. The first kappa shape index (κ1) is 17.9. The number of amides is 1. The van der Waals surface area contributed by atoms with E-state index in [4.69, 9.17) is 9.47 Å². The van der Waals surface area contributed by atoms with Gasteiger partial charge in [-0.25, -0.2) is 0 Å². The van der Waals surface area contributed by atoms with E-state index in [2.05, 4.69) is 10.6 Å². The van der Waals surface area contributed by atoms with Crippen LogP contribution in [0.1, 0.15) is 30.9 Å². The Hall–Kier alpha value is -1.43. The molecule has 5 nitrogen and oxygen atoms in total. The number of ether oxygens (including phenoxy) is 2. The highest BCUT2D eigenvalue weighted by Crippen LogP contribution is 2.29. The Morgan fingerprint density at radius 1 is 1.26 bits per heavy atom. The molecule has 0 saturated carbocycles. The zero-order chi connectivity index (χ0) is 16.5. The summed E-state index contributed by atoms with van der Waals surface area (Å²) in [6.45, 7) is 5.97. The van der Waals surface area contributed by atoms with E-state index >= 15 is 0 Å². The van der Waals surface area contributed by atoms with Crippen molar-refractivity contribution in [1.82, 2.24) is 10.6 Å². The number of carbonyl (C=O) groups is 1. The molecule has 1 aromatic carbocycles. The lowest BCUT2D eigenvalue weighted by atomic mass is 9.78. The average Bonchev–Trinajstić information content (AvgIpc) is 2.59. The van der Waals surface area contributed by atoms with Crippen molar-refractivity contribution in [2.45, 2.75) is 32.9 Å². The van der Waals surface area contributed by atoms with Crippen LogP contribution in [0, 0.1) is 5.41 Å².